The zero-order valence-corrected chi connectivity index (χ0v) is 39.1. The first-order valence-corrected chi connectivity index (χ1v) is 24.5. The first-order valence-electron chi connectivity index (χ1n) is 24.5. The normalized spacial score (nSPS) is 11.4. The molecule has 1 heteroatoms. The summed E-state index contributed by atoms with van der Waals surface area (Å²) in [4.78, 5) is 2.41. The molecule has 12 aromatic rings. The smallest absolute Gasteiger partial charge is 0.0468 e. The fraction of sp³-hybridized carbons (Fsp3) is 0. The maximum atomic E-state index is 2.41. The molecule has 12 aromatic carbocycles. The molecule has 1 nitrogen and oxygen atoms in total. The maximum Gasteiger partial charge on any atom is 0.0468 e. The molecule has 0 saturated heterocycles. The quantitative estimate of drug-likeness (QED) is 0.147. The number of anilines is 3. The predicted molar refractivity (Wildman–Crippen MR) is 301 cm³/mol. The molecule has 0 atom stereocenters. The van der Waals surface area contributed by atoms with Gasteiger partial charge in [0.25, 0.3) is 0 Å². The fourth-order valence-corrected chi connectivity index (χ4v) is 10.6. The van der Waals surface area contributed by atoms with Gasteiger partial charge in [-0.25, -0.2) is 0 Å². The van der Waals surface area contributed by atoms with E-state index in [9.17, 15) is 0 Å². The van der Waals surface area contributed by atoms with Gasteiger partial charge in [-0.05, 0) is 159 Å². The van der Waals surface area contributed by atoms with E-state index in [0.29, 0.717) is 0 Å². The molecular formula is C70H47N. The van der Waals surface area contributed by atoms with E-state index in [1.165, 1.54) is 111 Å². The van der Waals surface area contributed by atoms with E-state index >= 15 is 0 Å². The highest BCUT2D eigenvalue weighted by Gasteiger charge is 2.24. The molecule has 0 bridgehead atoms. The van der Waals surface area contributed by atoms with Gasteiger partial charge in [-0.3, -0.25) is 0 Å². The standard InChI is InChI=1S/C70H47N/c1-3-13-48(14-4-1)51-23-27-53(28-24-51)55-33-38-60(39-34-55)71(61-40-35-56(36-41-61)54-29-25-52(26-30-54)49-15-5-2-6-16-49)62-42-44-68-67-43-37-59(58-32-31-50-17-7-8-18-57(50)45-58)46-69(67)65-21-11-9-19-63(65)64-20-10-12-22-66(64)70(68)47-62/h1-47H. The monoisotopic (exact) mass is 901 g/mol. The van der Waals surface area contributed by atoms with Gasteiger partial charge in [-0.2, -0.15) is 0 Å². The van der Waals surface area contributed by atoms with Crippen molar-refractivity contribution in [1.29, 1.82) is 0 Å². The van der Waals surface area contributed by atoms with E-state index in [0.717, 1.165) is 17.1 Å². The Balaban J connectivity index is 0.935. The average molecular weight is 902 g/mol. The SMILES string of the molecule is c1ccc(-c2ccc(-c3ccc(N(c4ccc(-c5ccc(-c6ccccc6)cc5)cc4)c4ccc5c(c4)-c4ccccc4-c4ccccc4-c4cc(-c6ccc7ccccc7c6)ccc4-5)cc3)cc2)cc1. The molecule has 71 heavy (non-hydrogen) atoms. The van der Waals surface area contributed by atoms with E-state index in [1.54, 1.807) is 0 Å². The van der Waals surface area contributed by atoms with Crippen LogP contribution in [0.5, 0.6) is 0 Å². The molecular weight excluding hydrogens is 855 g/mol. The molecule has 0 saturated carbocycles. The van der Waals surface area contributed by atoms with E-state index in [1.807, 2.05) is 0 Å². The molecule has 0 fully saturated rings. The molecule has 0 heterocycles. The Hall–Kier alpha value is -9.30. The lowest BCUT2D eigenvalue weighted by Crippen LogP contribution is -2.10. The van der Waals surface area contributed by atoms with Crippen LogP contribution in [0.25, 0.3) is 111 Å². The number of benzene rings is 12. The highest BCUT2D eigenvalue weighted by molar-refractivity contribution is 6.05. The minimum absolute atomic E-state index is 1.08. The third-order valence-electron chi connectivity index (χ3n) is 14.3. The number of nitrogens with zero attached hydrogens (tertiary/aromatic N) is 1. The highest BCUT2D eigenvalue weighted by atomic mass is 15.1. The van der Waals surface area contributed by atoms with Gasteiger partial charge >= 0.3 is 0 Å². The molecule has 0 N–H and O–H groups in total. The summed E-state index contributed by atoms with van der Waals surface area (Å²) in [6.45, 7) is 0. The molecule has 0 aromatic heterocycles. The topological polar surface area (TPSA) is 3.24 Å². The molecule has 0 aliphatic heterocycles. The largest absolute Gasteiger partial charge is 0.310 e. The lowest BCUT2D eigenvalue weighted by molar-refractivity contribution is 1.28. The second kappa shape index (κ2) is 18.0. The Morgan fingerprint density at radius 2 is 0.451 bits per heavy atom. The Morgan fingerprint density at radius 3 is 0.930 bits per heavy atom. The van der Waals surface area contributed by atoms with Gasteiger partial charge < -0.3 is 4.90 Å². The predicted octanol–water partition coefficient (Wildman–Crippen LogP) is 19.6. The van der Waals surface area contributed by atoms with E-state index < -0.39 is 0 Å². The Bertz CT molecular complexity index is 3740. The molecule has 0 unspecified atom stereocenters. The van der Waals surface area contributed by atoms with Crippen molar-refractivity contribution in [1.82, 2.24) is 0 Å². The van der Waals surface area contributed by atoms with Gasteiger partial charge in [0.05, 0.1) is 0 Å². The van der Waals surface area contributed by atoms with Crippen LogP contribution in [-0.4, -0.2) is 0 Å². The summed E-state index contributed by atoms with van der Waals surface area (Å²) in [5, 5.41) is 2.49. The molecule has 0 amide bonds. The molecule has 0 radical (unpaired) electrons. The second-order valence-electron chi connectivity index (χ2n) is 18.5. The molecule has 13 rings (SSSR count). The number of rotatable bonds is 8. The van der Waals surface area contributed by atoms with Crippen LogP contribution in [0.15, 0.2) is 285 Å². The van der Waals surface area contributed by atoms with Gasteiger partial charge in [0.1, 0.15) is 0 Å². The van der Waals surface area contributed by atoms with Gasteiger partial charge in [0.15, 0.2) is 0 Å². The van der Waals surface area contributed by atoms with Gasteiger partial charge in [-0.15, -0.1) is 0 Å². The van der Waals surface area contributed by atoms with Crippen LogP contribution in [0.4, 0.5) is 17.1 Å². The van der Waals surface area contributed by atoms with Crippen LogP contribution in [0.1, 0.15) is 0 Å². The first kappa shape index (κ1) is 41.9. The summed E-state index contributed by atoms with van der Waals surface area (Å²) < 4.78 is 0. The van der Waals surface area contributed by atoms with Crippen LogP contribution in [0, 0.1) is 0 Å². The van der Waals surface area contributed by atoms with E-state index in [4.69, 9.17) is 0 Å². The summed E-state index contributed by atoms with van der Waals surface area (Å²) >= 11 is 0. The van der Waals surface area contributed by atoms with Gasteiger partial charge in [0.2, 0.25) is 0 Å². The van der Waals surface area contributed by atoms with Crippen molar-refractivity contribution in [3.63, 3.8) is 0 Å². The minimum Gasteiger partial charge on any atom is -0.310 e. The Labute approximate surface area is 415 Å². The summed E-state index contributed by atoms with van der Waals surface area (Å²) in [5.74, 6) is 0. The van der Waals surface area contributed by atoms with Crippen molar-refractivity contribution in [2.45, 2.75) is 0 Å². The van der Waals surface area contributed by atoms with Crippen molar-refractivity contribution in [3.8, 4) is 100 Å². The average Bonchev–Trinajstić information content (AvgIpc) is 3.45. The van der Waals surface area contributed by atoms with Crippen molar-refractivity contribution in [2.75, 3.05) is 4.90 Å². The zero-order chi connectivity index (χ0) is 47.1. The fourth-order valence-electron chi connectivity index (χ4n) is 10.6. The van der Waals surface area contributed by atoms with Crippen LogP contribution in [0.3, 0.4) is 0 Å². The second-order valence-corrected chi connectivity index (χ2v) is 18.5. The van der Waals surface area contributed by atoms with Gasteiger partial charge in [-0.1, -0.05) is 237 Å². The number of hydrogen-bond acceptors (Lipinski definition) is 1. The first-order chi connectivity index (χ1) is 35.2. The van der Waals surface area contributed by atoms with Crippen molar-refractivity contribution >= 4 is 27.8 Å². The third kappa shape index (κ3) is 7.90. The minimum atomic E-state index is 1.08. The van der Waals surface area contributed by atoms with E-state index in [-0.39, 0.29) is 0 Å². The van der Waals surface area contributed by atoms with Crippen molar-refractivity contribution in [3.05, 3.63) is 285 Å². The van der Waals surface area contributed by atoms with E-state index in [2.05, 4.69) is 290 Å². The molecule has 1 aliphatic rings. The number of fused-ring (bicyclic) bond motifs is 9. The summed E-state index contributed by atoms with van der Waals surface area (Å²) in [5.41, 5.74) is 25.0. The third-order valence-corrected chi connectivity index (χ3v) is 14.3. The Kier molecular flexibility index (Phi) is 10.6. The molecule has 1 aliphatic carbocycles. The van der Waals surface area contributed by atoms with Crippen LogP contribution < -0.4 is 4.90 Å². The summed E-state index contributed by atoms with van der Waals surface area (Å²) in [6, 6.07) is 104. The zero-order valence-electron chi connectivity index (χ0n) is 39.1. The highest BCUT2D eigenvalue weighted by Crippen LogP contribution is 2.50. The lowest BCUT2D eigenvalue weighted by Gasteiger charge is -2.29. The lowest BCUT2D eigenvalue weighted by atomic mass is 9.80. The van der Waals surface area contributed by atoms with Crippen LogP contribution in [0.2, 0.25) is 0 Å². The molecule has 332 valence electrons. The summed E-state index contributed by atoms with van der Waals surface area (Å²) in [7, 11) is 0. The van der Waals surface area contributed by atoms with Gasteiger partial charge in [0, 0.05) is 17.1 Å². The van der Waals surface area contributed by atoms with Crippen LogP contribution >= 0.6 is 0 Å². The van der Waals surface area contributed by atoms with Crippen LogP contribution in [-0.2, 0) is 0 Å². The van der Waals surface area contributed by atoms with Crippen molar-refractivity contribution in [2.24, 2.45) is 0 Å². The number of hydrogen-bond donors (Lipinski definition) is 0. The summed E-state index contributed by atoms with van der Waals surface area (Å²) in [6.07, 6.45) is 0. The molecule has 0 spiro atoms. The maximum absolute atomic E-state index is 2.41. The van der Waals surface area contributed by atoms with Crippen molar-refractivity contribution < 1.29 is 0 Å². The Morgan fingerprint density at radius 1 is 0.155 bits per heavy atom.